The van der Waals surface area contributed by atoms with Crippen molar-refractivity contribution in [3.8, 4) is 28.3 Å². The van der Waals surface area contributed by atoms with E-state index in [9.17, 15) is 10.0 Å². The van der Waals surface area contributed by atoms with Gasteiger partial charge >= 0.3 is 6.03 Å². The van der Waals surface area contributed by atoms with Crippen LogP contribution < -0.4 is 4.74 Å². The van der Waals surface area contributed by atoms with Crippen molar-refractivity contribution in [3.05, 3.63) is 60.0 Å². The fourth-order valence-corrected chi connectivity index (χ4v) is 3.88. The van der Waals surface area contributed by atoms with Crippen molar-refractivity contribution in [1.29, 1.82) is 0 Å². The van der Waals surface area contributed by atoms with Crippen molar-refractivity contribution in [2.24, 2.45) is 0 Å². The van der Waals surface area contributed by atoms with Gasteiger partial charge in [-0.15, -0.1) is 0 Å². The van der Waals surface area contributed by atoms with Gasteiger partial charge in [-0.05, 0) is 44.0 Å². The molecule has 7 heteroatoms. The van der Waals surface area contributed by atoms with E-state index in [0.29, 0.717) is 24.0 Å². The number of methoxy groups -OCH3 is 1. The van der Waals surface area contributed by atoms with Gasteiger partial charge in [-0.1, -0.05) is 29.8 Å². The Bertz CT molecular complexity index is 1030. The van der Waals surface area contributed by atoms with Gasteiger partial charge in [-0.3, -0.25) is 5.21 Å². The van der Waals surface area contributed by atoms with Gasteiger partial charge in [0, 0.05) is 37.2 Å². The lowest BCUT2D eigenvalue weighted by Gasteiger charge is -2.31. The summed E-state index contributed by atoms with van der Waals surface area (Å²) in [5.74, 6) is 2.32. The van der Waals surface area contributed by atoms with Gasteiger partial charge in [0.15, 0.2) is 11.7 Å². The second kappa shape index (κ2) is 8.81. The second-order valence-electron chi connectivity index (χ2n) is 7.89. The molecular weight excluding hydrogens is 394 g/mol. The van der Waals surface area contributed by atoms with Gasteiger partial charge in [-0.25, -0.2) is 14.8 Å². The number of amides is 2. The maximum absolute atomic E-state index is 12.0. The lowest BCUT2D eigenvalue weighted by atomic mass is 9.97. The van der Waals surface area contributed by atoms with E-state index >= 15 is 0 Å². The zero-order chi connectivity index (χ0) is 22.0. The molecule has 2 amide bonds. The van der Waals surface area contributed by atoms with Crippen LogP contribution in [0.15, 0.2) is 52.9 Å². The highest BCUT2D eigenvalue weighted by Gasteiger charge is 2.29. The molecule has 0 saturated carbocycles. The van der Waals surface area contributed by atoms with Gasteiger partial charge in [0.1, 0.15) is 11.4 Å². The number of aryl methyl sites for hydroxylation is 1. The molecular formula is C24H27N3O4. The van der Waals surface area contributed by atoms with E-state index in [1.54, 1.807) is 12.0 Å². The Hall–Kier alpha value is -3.32. The average Bonchev–Trinajstić information content (AvgIpc) is 3.24. The van der Waals surface area contributed by atoms with Crippen LogP contribution in [0.1, 0.15) is 30.2 Å². The second-order valence-corrected chi connectivity index (χ2v) is 7.89. The van der Waals surface area contributed by atoms with Crippen molar-refractivity contribution < 1.29 is 19.2 Å². The maximum Gasteiger partial charge on any atom is 0.343 e. The predicted molar refractivity (Wildman–Crippen MR) is 117 cm³/mol. The van der Waals surface area contributed by atoms with Crippen LogP contribution in [0, 0.1) is 6.92 Å². The molecule has 162 valence electrons. The monoisotopic (exact) mass is 421 g/mol. The van der Waals surface area contributed by atoms with Gasteiger partial charge in [0.2, 0.25) is 0 Å². The predicted octanol–water partition coefficient (Wildman–Crippen LogP) is 4.95. The highest BCUT2D eigenvalue weighted by molar-refractivity contribution is 5.77. The minimum Gasteiger partial charge on any atom is -0.497 e. The molecule has 1 aliphatic heterocycles. The summed E-state index contributed by atoms with van der Waals surface area (Å²) in [7, 11) is 2.99. The zero-order valence-corrected chi connectivity index (χ0v) is 18.0. The maximum atomic E-state index is 12.0. The molecule has 3 aromatic rings. The Morgan fingerprint density at radius 2 is 1.71 bits per heavy atom. The van der Waals surface area contributed by atoms with E-state index in [4.69, 9.17) is 14.1 Å². The molecule has 0 aliphatic carbocycles. The van der Waals surface area contributed by atoms with E-state index in [1.807, 2.05) is 24.3 Å². The largest absolute Gasteiger partial charge is 0.497 e. The number of urea groups is 1. The molecule has 4 rings (SSSR count). The van der Waals surface area contributed by atoms with Crippen LogP contribution in [0.25, 0.3) is 22.6 Å². The van der Waals surface area contributed by atoms with Crippen LogP contribution >= 0.6 is 0 Å². The van der Waals surface area contributed by atoms with Crippen LogP contribution in [0.3, 0.4) is 0 Å². The molecule has 0 radical (unpaired) electrons. The third kappa shape index (κ3) is 4.41. The first-order valence-corrected chi connectivity index (χ1v) is 10.4. The van der Waals surface area contributed by atoms with Crippen LogP contribution in [0.2, 0.25) is 0 Å². The van der Waals surface area contributed by atoms with Crippen molar-refractivity contribution in [2.75, 3.05) is 27.2 Å². The molecule has 0 unspecified atom stereocenters. The molecule has 7 nitrogen and oxygen atoms in total. The zero-order valence-electron chi connectivity index (χ0n) is 18.0. The van der Waals surface area contributed by atoms with E-state index in [-0.39, 0.29) is 11.9 Å². The van der Waals surface area contributed by atoms with Crippen LogP contribution in [0.4, 0.5) is 4.79 Å². The number of hydroxylamine groups is 2. The van der Waals surface area contributed by atoms with Gasteiger partial charge in [0.25, 0.3) is 0 Å². The molecule has 2 aromatic carbocycles. The van der Waals surface area contributed by atoms with Crippen molar-refractivity contribution >= 4 is 6.03 Å². The molecule has 0 bridgehead atoms. The third-order valence-electron chi connectivity index (χ3n) is 5.71. The number of nitrogens with zero attached hydrogens (tertiary/aromatic N) is 3. The standard InChI is InChI=1S/C24H27N3O4/c1-16-4-6-17(7-5-16)21-22(18-8-10-20(30-3)11-9-18)31-23(25-21)19-12-14-27(15-13-19)24(28)26(2)29/h4-11,19,29H,12-15H2,1-3H3. The topological polar surface area (TPSA) is 79.0 Å². The summed E-state index contributed by atoms with van der Waals surface area (Å²) in [5.41, 5.74) is 3.93. The third-order valence-corrected chi connectivity index (χ3v) is 5.71. The van der Waals surface area contributed by atoms with Gasteiger partial charge < -0.3 is 14.1 Å². The Morgan fingerprint density at radius 1 is 1.10 bits per heavy atom. The number of rotatable bonds is 4. The average molecular weight is 421 g/mol. The number of aromatic nitrogens is 1. The number of ether oxygens (including phenoxy) is 1. The number of carbonyl (C=O) groups excluding carboxylic acids is 1. The van der Waals surface area contributed by atoms with Crippen molar-refractivity contribution in [3.63, 3.8) is 0 Å². The Labute approximate surface area is 181 Å². The van der Waals surface area contributed by atoms with Crippen molar-refractivity contribution in [1.82, 2.24) is 14.9 Å². The Balaban J connectivity index is 1.65. The Kier molecular flexibility index (Phi) is 5.95. The van der Waals surface area contributed by atoms with Gasteiger partial charge in [-0.2, -0.15) is 0 Å². The first-order chi connectivity index (χ1) is 15.0. The molecule has 0 atom stereocenters. The fourth-order valence-electron chi connectivity index (χ4n) is 3.88. The SMILES string of the molecule is COc1ccc(-c2oc(C3CCN(C(=O)N(C)O)CC3)nc2-c2ccc(C)cc2)cc1. The van der Waals surface area contributed by atoms with Crippen LogP contribution in [-0.4, -0.2) is 53.4 Å². The normalized spacial score (nSPS) is 14.5. The Morgan fingerprint density at radius 3 is 2.29 bits per heavy atom. The lowest BCUT2D eigenvalue weighted by Crippen LogP contribution is -2.43. The molecule has 0 spiro atoms. The molecule has 1 aromatic heterocycles. The summed E-state index contributed by atoms with van der Waals surface area (Å²) >= 11 is 0. The van der Waals surface area contributed by atoms with Crippen molar-refractivity contribution in [2.45, 2.75) is 25.7 Å². The number of benzene rings is 2. The highest BCUT2D eigenvalue weighted by atomic mass is 16.5. The van der Waals surface area contributed by atoms with E-state index in [0.717, 1.165) is 41.2 Å². The first-order valence-electron chi connectivity index (χ1n) is 10.4. The quantitative estimate of drug-likeness (QED) is 0.476. The van der Waals surface area contributed by atoms with Crippen LogP contribution in [-0.2, 0) is 0 Å². The molecule has 1 aliphatic rings. The number of hydrogen-bond donors (Lipinski definition) is 1. The molecule has 1 fully saturated rings. The molecule has 1 N–H and O–H groups in total. The number of piperidine rings is 1. The summed E-state index contributed by atoms with van der Waals surface area (Å²) in [6, 6.07) is 15.6. The van der Waals surface area contributed by atoms with E-state index in [2.05, 4.69) is 31.2 Å². The number of likely N-dealkylation sites (tertiary alicyclic amines) is 1. The minimum absolute atomic E-state index is 0.115. The highest BCUT2D eigenvalue weighted by Crippen LogP contribution is 2.38. The van der Waals surface area contributed by atoms with Crippen LogP contribution in [0.5, 0.6) is 5.75 Å². The molecule has 2 heterocycles. The van der Waals surface area contributed by atoms with E-state index < -0.39 is 0 Å². The number of carbonyl (C=O) groups is 1. The minimum atomic E-state index is -0.384. The first kappa shape index (κ1) is 20.9. The van der Waals surface area contributed by atoms with Gasteiger partial charge in [0.05, 0.1) is 7.11 Å². The summed E-state index contributed by atoms with van der Waals surface area (Å²) in [6.45, 7) is 3.16. The molecule has 31 heavy (non-hydrogen) atoms. The van der Waals surface area contributed by atoms with E-state index in [1.165, 1.54) is 12.6 Å². The summed E-state index contributed by atoms with van der Waals surface area (Å²) < 4.78 is 11.6. The number of hydrogen-bond acceptors (Lipinski definition) is 5. The summed E-state index contributed by atoms with van der Waals surface area (Å²) in [6.07, 6.45) is 1.46. The summed E-state index contributed by atoms with van der Waals surface area (Å²) in [4.78, 5) is 18.5. The fraction of sp³-hybridized carbons (Fsp3) is 0.333. The molecule has 1 saturated heterocycles. The number of oxazole rings is 1. The lowest BCUT2D eigenvalue weighted by molar-refractivity contribution is -0.0358. The smallest absolute Gasteiger partial charge is 0.343 e. The summed E-state index contributed by atoms with van der Waals surface area (Å²) in [5, 5.41) is 10.0.